The molecule has 0 aromatic heterocycles. The predicted molar refractivity (Wildman–Crippen MR) is 117 cm³/mol. The number of primary amides is 1. The van der Waals surface area contributed by atoms with E-state index in [1.807, 2.05) is 13.0 Å². The summed E-state index contributed by atoms with van der Waals surface area (Å²) in [5.74, 6) is -1.69. The first-order chi connectivity index (χ1) is 14.7. The molecule has 0 radical (unpaired) electrons. The maximum atomic E-state index is 12.9. The van der Waals surface area contributed by atoms with Crippen LogP contribution in [-0.2, 0) is 19.6 Å². The highest BCUT2D eigenvalue weighted by Crippen LogP contribution is 2.24. The molecule has 0 aliphatic carbocycles. The van der Waals surface area contributed by atoms with Gasteiger partial charge in [0, 0.05) is 11.3 Å². The van der Waals surface area contributed by atoms with Gasteiger partial charge < -0.3 is 10.5 Å². The van der Waals surface area contributed by atoms with Gasteiger partial charge in [-0.25, -0.2) is 13.2 Å². The molecule has 0 saturated heterocycles. The number of hydrogen-bond acceptors (Lipinski definition) is 5. The van der Waals surface area contributed by atoms with E-state index in [2.05, 4.69) is 4.72 Å². The molecule has 0 aliphatic rings. The molecule has 3 rings (SSSR count). The van der Waals surface area contributed by atoms with Crippen molar-refractivity contribution in [2.45, 2.75) is 24.8 Å². The summed E-state index contributed by atoms with van der Waals surface area (Å²) in [4.78, 5) is 24.4. The van der Waals surface area contributed by atoms with E-state index >= 15 is 0 Å². The molecule has 3 aromatic carbocycles. The number of ether oxygens (including phenoxy) is 1. The van der Waals surface area contributed by atoms with Gasteiger partial charge >= 0.3 is 5.97 Å². The van der Waals surface area contributed by atoms with Crippen LogP contribution in [0.2, 0.25) is 0 Å². The maximum absolute atomic E-state index is 12.9. The van der Waals surface area contributed by atoms with Crippen molar-refractivity contribution in [1.82, 2.24) is 0 Å². The van der Waals surface area contributed by atoms with Gasteiger partial charge in [0.2, 0.25) is 6.10 Å². The van der Waals surface area contributed by atoms with Crippen LogP contribution in [0.1, 0.15) is 33.2 Å². The Hall–Kier alpha value is -3.65. The van der Waals surface area contributed by atoms with Crippen LogP contribution in [0.15, 0.2) is 77.7 Å². The number of carbonyl (C=O) groups excluding carboxylic acids is 2. The highest BCUT2D eigenvalue weighted by molar-refractivity contribution is 7.92. The van der Waals surface area contributed by atoms with Gasteiger partial charge in [0.25, 0.3) is 15.9 Å². The first-order valence-corrected chi connectivity index (χ1v) is 10.9. The van der Waals surface area contributed by atoms with Crippen molar-refractivity contribution in [3.8, 4) is 0 Å². The van der Waals surface area contributed by atoms with Crippen molar-refractivity contribution >= 4 is 27.6 Å². The molecule has 8 heteroatoms. The zero-order valence-corrected chi connectivity index (χ0v) is 17.8. The summed E-state index contributed by atoms with van der Waals surface area (Å²) < 4.78 is 33.7. The molecule has 1 atom stereocenters. The molecule has 0 bridgehead atoms. The van der Waals surface area contributed by atoms with Crippen LogP contribution in [0.5, 0.6) is 0 Å². The molecular formula is C23H22N2O5S. The number of anilines is 1. The lowest BCUT2D eigenvalue weighted by molar-refractivity contribution is -0.127. The monoisotopic (exact) mass is 438 g/mol. The molecular weight excluding hydrogens is 416 g/mol. The third kappa shape index (κ3) is 5.29. The summed E-state index contributed by atoms with van der Waals surface area (Å²) in [5, 5.41) is 0. The number of aryl methyl sites for hydroxylation is 2. The Morgan fingerprint density at radius 3 is 2.29 bits per heavy atom. The lowest BCUT2D eigenvalue weighted by atomic mass is 10.1. The van der Waals surface area contributed by atoms with E-state index < -0.39 is 28.0 Å². The van der Waals surface area contributed by atoms with Crippen LogP contribution >= 0.6 is 0 Å². The summed E-state index contributed by atoms with van der Waals surface area (Å²) >= 11 is 0. The first-order valence-electron chi connectivity index (χ1n) is 9.43. The van der Waals surface area contributed by atoms with E-state index in [1.165, 1.54) is 18.2 Å². The minimum atomic E-state index is -3.96. The van der Waals surface area contributed by atoms with Crippen molar-refractivity contribution in [2.24, 2.45) is 5.73 Å². The third-order valence-electron chi connectivity index (χ3n) is 4.57. The Morgan fingerprint density at radius 2 is 1.65 bits per heavy atom. The Bertz CT molecular complexity index is 1220. The van der Waals surface area contributed by atoms with Gasteiger partial charge in [-0.1, -0.05) is 48.5 Å². The molecule has 1 unspecified atom stereocenters. The minimum absolute atomic E-state index is 0.0163. The smallest absolute Gasteiger partial charge is 0.339 e. The van der Waals surface area contributed by atoms with Gasteiger partial charge in [0.05, 0.1) is 10.5 Å². The average molecular weight is 439 g/mol. The second-order valence-electron chi connectivity index (χ2n) is 7.05. The number of esters is 1. The van der Waals surface area contributed by atoms with Crippen molar-refractivity contribution < 1.29 is 22.7 Å². The fraction of sp³-hybridized carbons (Fsp3) is 0.130. The van der Waals surface area contributed by atoms with E-state index in [0.717, 1.165) is 5.56 Å². The minimum Gasteiger partial charge on any atom is -0.444 e. The van der Waals surface area contributed by atoms with Crippen LogP contribution in [0.3, 0.4) is 0 Å². The van der Waals surface area contributed by atoms with Gasteiger partial charge in [0.1, 0.15) is 0 Å². The summed E-state index contributed by atoms with van der Waals surface area (Å²) in [6, 6.07) is 19.4. The van der Waals surface area contributed by atoms with Crippen LogP contribution < -0.4 is 10.5 Å². The second-order valence-corrected chi connectivity index (χ2v) is 8.70. The largest absolute Gasteiger partial charge is 0.444 e. The predicted octanol–water partition coefficient (Wildman–Crippen LogP) is 3.49. The highest BCUT2D eigenvalue weighted by Gasteiger charge is 2.25. The normalized spacial score (nSPS) is 12.1. The van der Waals surface area contributed by atoms with Crippen molar-refractivity contribution in [2.75, 3.05) is 4.72 Å². The second kappa shape index (κ2) is 9.01. The quantitative estimate of drug-likeness (QED) is 0.548. The molecule has 1 amide bonds. The molecule has 0 spiro atoms. The maximum Gasteiger partial charge on any atom is 0.339 e. The summed E-state index contributed by atoms with van der Waals surface area (Å²) in [6.45, 7) is 3.47. The summed E-state index contributed by atoms with van der Waals surface area (Å²) in [6.07, 6.45) is -1.29. The van der Waals surface area contributed by atoms with Gasteiger partial charge in [-0.15, -0.1) is 0 Å². The number of hydrogen-bond donors (Lipinski definition) is 2. The fourth-order valence-electron chi connectivity index (χ4n) is 3.03. The number of sulfonamides is 1. The third-order valence-corrected chi connectivity index (χ3v) is 6.09. The zero-order chi connectivity index (χ0) is 22.6. The van der Waals surface area contributed by atoms with Crippen LogP contribution in [0.25, 0.3) is 0 Å². The van der Waals surface area contributed by atoms with Gasteiger partial charge in [-0.05, 0) is 49.2 Å². The highest BCUT2D eigenvalue weighted by atomic mass is 32.2. The molecule has 0 saturated carbocycles. The number of rotatable bonds is 7. The van der Waals surface area contributed by atoms with Crippen molar-refractivity contribution in [1.29, 1.82) is 0 Å². The number of nitrogens with one attached hydrogen (secondary N) is 1. The Morgan fingerprint density at radius 1 is 0.935 bits per heavy atom. The molecule has 0 aliphatic heterocycles. The Labute approximate surface area is 180 Å². The van der Waals surface area contributed by atoms with Gasteiger partial charge in [-0.3, -0.25) is 9.52 Å². The summed E-state index contributed by atoms with van der Waals surface area (Å²) in [7, 11) is -3.96. The molecule has 3 aromatic rings. The van der Waals surface area contributed by atoms with Crippen molar-refractivity contribution in [3.63, 3.8) is 0 Å². The van der Waals surface area contributed by atoms with Crippen molar-refractivity contribution in [3.05, 3.63) is 95.1 Å². The average Bonchev–Trinajstić information content (AvgIpc) is 2.72. The van der Waals surface area contributed by atoms with Gasteiger partial charge in [-0.2, -0.15) is 0 Å². The first kappa shape index (κ1) is 22.0. The van der Waals surface area contributed by atoms with E-state index in [9.17, 15) is 18.0 Å². The van der Waals surface area contributed by atoms with Crippen LogP contribution in [-0.4, -0.2) is 20.3 Å². The van der Waals surface area contributed by atoms with E-state index in [-0.39, 0.29) is 10.5 Å². The van der Waals surface area contributed by atoms with Gasteiger partial charge in [0.15, 0.2) is 0 Å². The molecule has 0 heterocycles. The van der Waals surface area contributed by atoms with E-state index in [0.29, 0.717) is 16.8 Å². The SMILES string of the molecule is Cc1cccc(NS(=O)(=O)c2cc(C(=O)OC(C(N)=O)c3ccccc3)ccc2C)c1. The lowest BCUT2D eigenvalue weighted by Gasteiger charge is -2.16. The van der Waals surface area contributed by atoms with Crippen LogP contribution in [0, 0.1) is 13.8 Å². The van der Waals surface area contributed by atoms with E-state index in [4.69, 9.17) is 10.5 Å². The topological polar surface area (TPSA) is 116 Å². The fourth-order valence-corrected chi connectivity index (χ4v) is 4.35. The number of amides is 1. The molecule has 3 N–H and O–H groups in total. The molecule has 7 nitrogen and oxygen atoms in total. The summed E-state index contributed by atoms with van der Waals surface area (Å²) in [5.41, 5.74) is 7.55. The number of benzene rings is 3. The zero-order valence-electron chi connectivity index (χ0n) is 17.0. The molecule has 31 heavy (non-hydrogen) atoms. The standard InChI is InChI=1S/C23H22N2O5S/c1-15-7-6-10-19(13-15)25-31(28,29)20-14-18(12-11-16(20)2)23(27)30-21(22(24)26)17-8-4-3-5-9-17/h3-14,21,25H,1-2H3,(H2,24,26). The molecule has 0 fully saturated rings. The van der Waals surface area contributed by atoms with Crippen LogP contribution in [0.4, 0.5) is 5.69 Å². The lowest BCUT2D eigenvalue weighted by Crippen LogP contribution is -2.26. The number of carbonyl (C=O) groups is 2. The Kier molecular flexibility index (Phi) is 6.41. The van der Waals surface area contributed by atoms with E-state index in [1.54, 1.807) is 55.5 Å². The molecule has 160 valence electrons. The Balaban J connectivity index is 1.89. The number of nitrogens with two attached hydrogens (primary N) is 1.